The molecule has 0 aliphatic carbocycles. The van der Waals surface area contributed by atoms with E-state index in [0.717, 1.165) is 22.7 Å². The van der Waals surface area contributed by atoms with Crippen molar-refractivity contribution in [3.8, 4) is 11.3 Å². The predicted molar refractivity (Wildman–Crippen MR) is 84.4 cm³/mol. The molecule has 22 heavy (non-hydrogen) atoms. The summed E-state index contributed by atoms with van der Waals surface area (Å²) in [4.78, 5) is 12.7. The quantitative estimate of drug-likeness (QED) is 0.797. The minimum absolute atomic E-state index is 0.135. The normalized spacial score (nSPS) is 10.5. The summed E-state index contributed by atoms with van der Waals surface area (Å²) >= 11 is 0.986. The first-order valence-electron chi connectivity index (χ1n) is 6.60. The Kier molecular flexibility index (Phi) is 3.93. The molecule has 1 amide bonds. The van der Waals surface area contributed by atoms with E-state index in [4.69, 9.17) is 0 Å². The Labute approximate surface area is 130 Å². The number of carbonyl (C=O) groups excluding carboxylic acids is 1. The summed E-state index contributed by atoms with van der Waals surface area (Å²) in [7, 11) is 0. The van der Waals surface area contributed by atoms with Gasteiger partial charge in [0.15, 0.2) is 0 Å². The molecule has 3 aromatic rings. The standard InChI is InChI=1S/C16H12FN3OS/c1-10-6-8-11(9-7-10)14-15(22-20-19-14)16(21)18-13-5-3-2-4-12(13)17/h2-9H,1H3,(H,18,21). The molecule has 4 nitrogen and oxygen atoms in total. The number of nitrogens with zero attached hydrogens (tertiary/aromatic N) is 2. The third kappa shape index (κ3) is 2.87. The second kappa shape index (κ2) is 6.03. The molecular formula is C16H12FN3OS. The lowest BCUT2D eigenvalue weighted by Gasteiger charge is -2.05. The zero-order valence-corrected chi connectivity index (χ0v) is 12.5. The van der Waals surface area contributed by atoms with Gasteiger partial charge in [0.1, 0.15) is 16.4 Å². The molecule has 0 aliphatic rings. The Morgan fingerprint density at radius 2 is 1.86 bits per heavy atom. The zero-order valence-electron chi connectivity index (χ0n) is 11.7. The number of aromatic nitrogens is 2. The summed E-state index contributed by atoms with van der Waals surface area (Å²) in [6.07, 6.45) is 0. The van der Waals surface area contributed by atoms with Crippen molar-refractivity contribution in [2.45, 2.75) is 6.92 Å². The molecule has 0 radical (unpaired) electrons. The number of hydrogen-bond donors (Lipinski definition) is 1. The molecule has 1 N–H and O–H groups in total. The van der Waals surface area contributed by atoms with E-state index in [1.807, 2.05) is 31.2 Å². The number of anilines is 1. The Morgan fingerprint density at radius 3 is 2.59 bits per heavy atom. The maximum absolute atomic E-state index is 13.6. The summed E-state index contributed by atoms with van der Waals surface area (Å²) in [6, 6.07) is 13.7. The summed E-state index contributed by atoms with van der Waals surface area (Å²) in [6.45, 7) is 1.98. The van der Waals surface area contributed by atoms with Gasteiger partial charge in [0, 0.05) is 5.56 Å². The fraction of sp³-hybridized carbons (Fsp3) is 0.0625. The molecule has 1 aromatic heterocycles. The van der Waals surface area contributed by atoms with Crippen LogP contribution in [0.5, 0.6) is 0 Å². The van der Waals surface area contributed by atoms with Crippen LogP contribution in [0, 0.1) is 12.7 Å². The lowest BCUT2D eigenvalue weighted by Crippen LogP contribution is -2.12. The van der Waals surface area contributed by atoms with Crippen LogP contribution in [0.25, 0.3) is 11.3 Å². The van der Waals surface area contributed by atoms with Gasteiger partial charge in [-0.1, -0.05) is 46.4 Å². The van der Waals surface area contributed by atoms with Crippen LogP contribution in [-0.4, -0.2) is 15.5 Å². The molecule has 0 fully saturated rings. The van der Waals surface area contributed by atoms with E-state index >= 15 is 0 Å². The lowest BCUT2D eigenvalue weighted by atomic mass is 10.1. The number of benzene rings is 2. The first-order chi connectivity index (χ1) is 10.6. The largest absolute Gasteiger partial charge is 0.319 e. The van der Waals surface area contributed by atoms with Crippen molar-refractivity contribution in [3.05, 3.63) is 64.8 Å². The van der Waals surface area contributed by atoms with Gasteiger partial charge >= 0.3 is 0 Å². The van der Waals surface area contributed by atoms with Crippen LogP contribution >= 0.6 is 11.5 Å². The van der Waals surface area contributed by atoms with Crippen LogP contribution in [-0.2, 0) is 0 Å². The Morgan fingerprint density at radius 1 is 1.14 bits per heavy atom. The molecular weight excluding hydrogens is 301 g/mol. The molecule has 3 rings (SSSR count). The van der Waals surface area contributed by atoms with Gasteiger partial charge in [0.2, 0.25) is 0 Å². The van der Waals surface area contributed by atoms with E-state index < -0.39 is 11.7 Å². The van der Waals surface area contributed by atoms with E-state index in [1.54, 1.807) is 12.1 Å². The molecule has 0 atom stereocenters. The van der Waals surface area contributed by atoms with Gasteiger partial charge in [-0.05, 0) is 30.6 Å². The molecule has 1 heterocycles. The Bertz CT molecular complexity index is 814. The fourth-order valence-corrected chi connectivity index (χ4v) is 2.56. The second-order valence-electron chi connectivity index (χ2n) is 4.75. The van der Waals surface area contributed by atoms with Gasteiger partial charge in [-0.15, -0.1) is 5.10 Å². The predicted octanol–water partition coefficient (Wildman–Crippen LogP) is 3.90. The van der Waals surface area contributed by atoms with Gasteiger partial charge in [0.25, 0.3) is 5.91 Å². The Hall–Kier alpha value is -2.60. The van der Waals surface area contributed by atoms with Crippen molar-refractivity contribution >= 4 is 23.1 Å². The number of halogens is 1. The van der Waals surface area contributed by atoms with Crippen LogP contribution in [0.2, 0.25) is 0 Å². The first-order valence-corrected chi connectivity index (χ1v) is 7.38. The molecule has 0 saturated heterocycles. The topological polar surface area (TPSA) is 54.9 Å². The highest BCUT2D eigenvalue weighted by molar-refractivity contribution is 7.08. The van der Waals surface area contributed by atoms with Crippen molar-refractivity contribution < 1.29 is 9.18 Å². The number of aryl methyl sites for hydroxylation is 1. The van der Waals surface area contributed by atoms with Crippen LogP contribution in [0.15, 0.2) is 48.5 Å². The third-order valence-corrected chi connectivity index (χ3v) is 3.87. The van der Waals surface area contributed by atoms with E-state index in [-0.39, 0.29) is 5.69 Å². The SMILES string of the molecule is Cc1ccc(-c2nnsc2C(=O)Nc2ccccc2F)cc1. The van der Waals surface area contributed by atoms with E-state index in [0.29, 0.717) is 10.6 Å². The van der Waals surface area contributed by atoms with Gasteiger partial charge in [-0.25, -0.2) is 4.39 Å². The molecule has 0 bridgehead atoms. The van der Waals surface area contributed by atoms with Crippen molar-refractivity contribution in [1.82, 2.24) is 9.59 Å². The molecule has 110 valence electrons. The van der Waals surface area contributed by atoms with E-state index in [9.17, 15) is 9.18 Å². The zero-order chi connectivity index (χ0) is 15.5. The number of amides is 1. The van der Waals surface area contributed by atoms with Gasteiger partial charge in [-0.3, -0.25) is 4.79 Å². The average molecular weight is 313 g/mol. The lowest BCUT2D eigenvalue weighted by molar-refractivity contribution is 0.103. The summed E-state index contributed by atoms with van der Waals surface area (Å²) in [5.41, 5.74) is 2.55. The van der Waals surface area contributed by atoms with Crippen molar-refractivity contribution in [3.63, 3.8) is 0 Å². The maximum atomic E-state index is 13.6. The minimum Gasteiger partial charge on any atom is -0.319 e. The van der Waals surface area contributed by atoms with Crippen molar-refractivity contribution in [2.75, 3.05) is 5.32 Å². The minimum atomic E-state index is -0.481. The van der Waals surface area contributed by atoms with Gasteiger partial charge in [-0.2, -0.15) is 0 Å². The second-order valence-corrected chi connectivity index (χ2v) is 5.50. The van der Waals surface area contributed by atoms with E-state index in [2.05, 4.69) is 14.9 Å². The number of hydrogen-bond acceptors (Lipinski definition) is 4. The molecule has 0 saturated carbocycles. The monoisotopic (exact) mass is 313 g/mol. The number of rotatable bonds is 3. The fourth-order valence-electron chi connectivity index (χ4n) is 1.98. The van der Waals surface area contributed by atoms with E-state index in [1.165, 1.54) is 12.1 Å². The van der Waals surface area contributed by atoms with Crippen LogP contribution in [0.4, 0.5) is 10.1 Å². The smallest absolute Gasteiger partial charge is 0.269 e. The number of nitrogens with one attached hydrogen (secondary N) is 1. The summed E-state index contributed by atoms with van der Waals surface area (Å²) < 4.78 is 17.5. The van der Waals surface area contributed by atoms with Crippen LogP contribution in [0.3, 0.4) is 0 Å². The third-order valence-electron chi connectivity index (χ3n) is 3.14. The average Bonchev–Trinajstić information content (AvgIpc) is 3.00. The van der Waals surface area contributed by atoms with Gasteiger partial charge in [0.05, 0.1) is 5.69 Å². The number of carbonyl (C=O) groups is 1. The van der Waals surface area contributed by atoms with Crippen molar-refractivity contribution in [1.29, 1.82) is 0 Å². The number of para-hydroxylation sites is 1. The summed E-state index contributed by atoms with van der Waals surface area (Å²) in [5.74, 6) is -0.902. The van der Waals surface area contributed by atoms with Crippen molar-refractivity contribution in [2.24, 2.45) is 0 Å². The highest BCUT2D eigenvalue weighted by Crippen LogP contribution is 2.25. The molecule has 6 heteroatoms. The highest BCUT2D eigenvalue weighted by atomic mass is 32.1. The van der Waals surface area contributed by atoms with Crippen LogP contribution in [0.1, 0.15) is 15.2 Å². The molecule has 0 unspecified atom stereocenters. The first kappa shape index (κ1) is 14.3. The van der Waals surface area contributed by atoms with Crippen LogP contribution < -0.4 is 5.32 Å². The summed E-state index contributed by atoms with van der Waals surface area (Å²) in [5, 5.41) is 6.57. The highest BCUT2D eigenvalue weighted by Gasteiger charge is 2.18. The molecule has 0 spiro atoms. The Balaban J connectivity index is 1.90. The van der Waals surface area contributed by atoms with Gasteiger partial charge < -0.3 is 5.32 Å². The maximum Gasteiger partial charge on any atom is 0.269 e. The molecule has 2 aromatic carbocycles. The molecule has 0 aliphatic heterocycles.